The van der Waals surface area contributed by atoms with Gasteiger partial charge < -0.3 is 10.1 Å². The normalized spacial score (nSPS) is 15.1. The van der Waals surface area contributed by atoms with E-state index in [2.05, 4.69) is 21.2 Å². The van der Waals surface area contributed by atoms with Crippen molar-refractivity contribution in [1.82, 2.24) is 5.32 Å². The molecule has 1 aliphatic carbocycles. The van der Waals surface area contributed by atoms with Crippen molar-refractivity contribution < 1.29 is 13.9 Å². The van der Waals surface area contributed by atoms with E-state index in [1.807, 2.05) is 0 Å². The van der Waals surface area contributed by atoms with Crippen LogP contribution < -0.4 is 10.1 Å². The summed E-state index contributed by atoms with van der Waals surface area (Å²) < 4.78 is 18.9. The summed E-state index contributed by atoms with van der Waals surface area (Å²) in [5.41, 5.74) is 1.55. The monoisotopic (exact) mass is 377 g/mol. The summed E-state index contributed by atoms with van der Waals surface area (Å²) in [4.78, 5) is 12.4. The average Bonchev–Trinajstić information content (AvgIpc) is 3.35. The molecule has 2 aromatic rings. The standard InChI is InChI=1S/C18H17BrFNO2/c1-23-14-6-7-16(19)15(10-14)17(22)21-11-18(8-9-18)12-2-4-13(20)5-3-12/h2-7,10H,8-9,11H2,1H3,(H,21,22). The van der Waals surface area contributed by atoms with Crippen LogP contribution in [-0.2, 0) is 5.41 Å². The zero-order valence-electron chi connectivity index (χ0n) is 12.7. The van der Waals surface area contributed by atoms with Gasteiger partial charge in [0.15, 0.2) is 0 Å². The Morgan fingerprint density at radius 3 is 2.57 bits per heavy atom. The van der Waals surface area contributed by atoms with Gasteiger partial charge in [-0.15, -0.1) is 0 Å². The third-order valence-electron chi connectivity index (χ3n) is 4.32. The Balaban J connectivity index is 1.71. The number of halogens is 2. The van der Waals surface area contributed by atoms with Crippen molar-refractivity contribution in [2.45, 2.75) is 18.3 Å². The zero-order chi connectivity index (χ0) is 16.4. The largest absolute Gasteiger partial charge is 0.497 e. The zero-order valence-corrected chi connectivity index (χ0v) is 14.3. The van der Waals surface area contributed by atoms with Crippen LogP contribution in [-0.4, -0.2) is 19.6 Å². The number of ether oxygens (including phenoxy) is 1. The number of carbonyl (C=O) groups is 1. The molecule has 1 amide bonds. The number of benzene rings is 2. The summed E-state index contributed by atoms with van der Waals surface area (Å²) in [6, 6.07) is 11.8. The maximum Gasteiger partial charge on any atom is 0.252 e. The highest BCUT2D eigenvalue weighted by Gasteiger charge is 2.44. The Morgan fingerprint density at radius 1 is 1.26 bits per heavy atom. The molecule has 1 saturated carbocycles. The van der Waals surface area contributed by atoms with Gasteiger partial charge in [-0.25, -0.2) is 4.39 Å². The molecule has 0 aliphatic heterocycles. The van der Waals surface area contributed by atoms with Crippen LogP contribution in [0.1, 0.15) is 28.8 Å². The van der Waals surface area contributed by atoms with Gasteiger partial charge in [-0.1, -0.05) is 12.1 Å². The van der Waals surface area contributed by atoms with E-state index in [0.717, 1.165) is 22.9 Å². The van der Waals surface area contributed by atoms with Gasteiger partial charge in [-0.05, 0) is 64.7 Å². The molecule has 0 unspecified atom stereocenters. The molecular weight excluding hydrogens is 361 g/mol. The van der Waals surface area contributed by atoms with Gasteiger partial charge in [0.25, 0.3) is 5.91 Å². The van der Waals surface area contributed by atoms with Crippen LogP contribution in [0.25, 0.3) is 0 Å². The van der Waals surface area contributed by atoms with Crippen molar-refractivity contribution in [3.8, 4) is 5.75 Å². The highest BCUT2D eigenvalue weighted by molar-refractivity contribution is 9.10. The highest BCUT2D eigenvalue weighted by atomic mass is 79.9. The molecule has 1 fully saturated rings. The van der Waals surface area contributed by atoms with Gasteiger partial charge in [0.05, 0.1) is 12.7 Å². The first kappa shape index (κ1) is 16.0. The molecule has 0 heterocycles. The van der Waals surface area contributed by atoms with Gasteiger partial charge >= 0.3 is 0 Å². The van der Waals surface area contributed by atoms with Crippen LogP contribution in [0.4, 0.5) is 4.39 Å². The van der Waals surface area contributed by atoms with E-state index < -0.39 is 0 Å². The van der Waals surface area contributed by atoms with E-state index in [1.165, 1.54) is 12.1 Å². The van der Waals surface area contributed by atoms with Crippen LogP contribution in [0, 0.1) is 5.82 Å². The maximum absolute atomic E-state index is 13.1. The fourth-order valence-electron chi connectivity index (χ4n) is 2.67. The summed E-state index contributed by atoms with van der Waals surface area (Å²) in [6.07, 6.45) is 2.00. The molecule has 23 heavy (non-hydrogen) atoms. The number of hydrogen-bond donors (Lipinski definition) is 1. The molecule has 120 valence electrons. The molecule has 3 rings (SSSR count). The van der Waals surface area contributed by atoms with Crippen molar-refractivity contribution in [2.75, 3.05) is 13.7 Å². The number of carbonyl (C=O) groups excluding carboxylic acids is 1. The third kappa shape index (κ3) is 3.39. The maximum atomic E-state index is 13.1. The van der Waals surface area contributed by atoms with Crippen LogP contribution in [0.2, 0.25) is 0 Å². The van der Waals surface area contributed by atoms with Gasteiger partial charge in [0.1, 0.15) is 11.6 Å². The van der Waals surface area contributed by atoms with Crippen molar-refractivity contribution in [3.63, 3.8) is 0 Å². The topological polar surface area (TPSA) is 38.3 Å². The molecule has 0 spiro atoms. The van der Waals surface area contributed by atoms with E-state index in [1.54, 1.807) is 37.4 Å². The highest BCUT2D eigenvalue weighted by Crippen LogP contribution is 2.47. The van der Waals surface area contributed by atoms with Crippen LogP contribution in [0.5, 0.6) is 5.75 Å². The molecular formula is C18H17BrFNO2. The van der Waals surface area contributed by atoms with Crippen molar-refractivity contribution in [1.29, 1.82) is 0 Å². The van der Waals surface area contributed by atoms with E-state index in [-0.39, 0.29) is 17.1 Å². The smallest absolute Gasteiger partial charge is 0.252 e. The molecule has 0 atom stereocenters. The molecule has 2 aromatic carbocycles. The Bertz CT molecular complexity index is 726. The lowest BCUT2D eigenvalue weighted by atomic mass is 9.96. The molecule has 5 heteroatoms. The van der Waals surface area contributed by atoms with Gasteiger partial charge in [0.2, 0.25) is 0 Å². The summed E-state index contributed by atoms with van der Waals surface area (Å²) in [5, 5.41) is 2.99. The van der Waals surface area contributed by atoms with Crippen molar-refractivity contribution in [3.05, 3.63) is 63.9 Å². The fourth-order valence-corrected chi connectivity index (χ4v) is 3.10. The number of amides is 1. The Labute approximate surface area is 143 Å². The van der Waals surface area contributed by atoms with Gasteiger partial charge in [-0.2, -0.15) is 0 Å². The lowest BCUT2D eigenvalue weighted by molar-refractivity contribution is 0.0948. The Morgan fingerprint density at radius 2 is 1.96 bits per heavy atom. The number of hydrogen-bond acceptors (Lipinski definition) is 2. The van der Waals surface area contributed by atoms with Crippen LogP contribution >= 0.6 is 15.9 Å². The molecule has 0 bridgehead atoms. The van der Waals surface area contributed by atoms with E-state index in [4.69, 9.17) is 4.74 Å². The Kier molecular flexibility index (Phi) is 4.39. The number of nitrogens with one attached hydrogen (secondary N) is 1. The molecule has 1 N–H and O–H groups in total. The predicted octanol–water partition coefficient (Wildman–Crippen LogP) is 4.06. The van der Waals surface area contributed by atoms with Crippen molar-refractivity contribution in [2.24, 2.45) is 0 Å². The summed E-state index contributed by atoms with van der Waals surface area (Å²) >= 11 is 3.39. The minimum atomic E-state index is -0.242. The summed E-state index contributed by atoms with van der Waals surface area (Å²) in [5.74, 6) is 0.246. The van der Waals surface area contributed by atoms with Gasteiger partial charge in [0, 0.05) is 16.4 Å². The van der Waals surface area contributed by atoms with E-state index in [9.17, 15) is 9.18 Å². The van der Waals surface area contributed by atoms with E-state index in [0.29, 0.717) is 17.9 Å². The summed E-state index contributed by atoms with van der Waals surface area (Å²) in [6.45, 7) is 0.543. The van der Waals surface area contributed by atoms with Crippen LogP contribution in [0.15, 0.2) is 46.9 Å². The lowest BCUT2D eigenvalue weighted by Gasteiger charge is -2.17. The van der Waals surface area contributed by atoms with E-state index >= 15 is 0 Å². The van der Waals surface area contributed by atoms with Crippen molar-refractivity contribution >= 4 is 21.8 Å². The SMILES string of the molecule is COc1ccc(Br)c(C(=O)NCC2(c3ccc(F)cc3)CC2)c1. The second kappa shape index (κ2) is 6.32. The molecule has 1 aliphatic rings. The summed E-state index contributed by atoms with van der Waals surface area (Å²) in [7, 11) is 1.57. The second-order valence-corrected chi connectivity index (χ2v) is 6.67. The average molecular weight is 378 g/mol. The Hall–Kier alpha value is -1.88. The predicted molar refractivity (Wildman–Crippen MR) is 90.3 cm³/mol. The fraction of sp³-hybridized carbons (Fsp3) is 0.278. The first-order valence-corrected chi connectivity index (χ1v) is 8.21. The number of rotatable bonds is 5. The lowest BCUT2D eigenvalue weighted by Crippen LogP contribution is -2.32. The first-order valence-electron chi connectivity index (χ1n) is 7.42. The second-order valence-electron chi connectivity index (χ2n) is 5.82. The third-order valence-corrected chi connectivity index (χ3v) is 5.01. The van der Waals surface area contributed by atoms with Crippen LogP contribution in [0.3, 0.4) is 0 Å². The molecule has 0 saturated heterocycles. The first-order chi connectivity index (χ1) is 11.0. The molecule has 0 aromatic heterocycles. The molecule has 3 nitrogen and oxygen atoms in total. The quantitative estimate of drug-likeness (QED) is 0.852. The minimum absolute atomic E-state index is 0.0608. The number of methoxy groups -OCH3 is 1. The minimum Gasteiger partial charge on any atom is -0.497 e. The molecule has 0 radical (unpaired) electrons. The van der Waals surface area contributed by atoms with Gasteiger partial charge in [-0.3, -0.25) is 4.79 Å².